The molecule has 2 aromatic rings. The van der Waals surface area contributed by atoms with Gasteiger partial charge in [0.05, 0.1) is 18.6 Å². The molecular formula is C16H13FIN3O2. The van der Waals surface area contributed by atoms with Crippen molar-refractivity contribution in [1.29, 1.82) is 0 Å². The minimum Gasteiger partial charge on any atom is -0.334 e. The molecule has 0 spiro atoms. The highest BCUT2D eigenvalue weighted by Gasteiger charge is 2.37. The lowest BCUT2D eigenvalue weighted by Crippen LogP contribution is -2.31. The fourth-order valence-corrected chi connectivity index (χ4v) is 4.00. The Balaban J connectivity index is 1.74. The SMILES string of the molecule is O=CC(c1ncn2c1CCC2)N1Cc2c(F)cc(I)cc2C1=O. The number of benzene rings is 1. The standard InChI is InChI=1S/C16H13FIN3O2/c17-12-5-9(18)4-10-11(12)6-21(16(10)23)14(7-22)15-13-2-1-3-20(13)8-19-15/h4-5,7-8,14H,1-3,6H2. The van der Waals surface area contributed by atoms with Gasteiger partial charge < -0.3 is 14.3 Å². The minimum absolute atomic E-state index is 0.104. The molecule has 0 saturated heterocycles. The van der Waals surface area contributed by atoms with Gasteiger partial charge in [-0.25, -0.2) is 9.37 Å². The zero-order valence-electron chi connectivity index (χ0n) is 12.1. The van der Waals surface area contributed by atoms with E-state index in [1.165, 1.54) is 11.0 Å². The van der Waals surface area contributed by atoms with Crippen molar-refractivity contribution in [2.45, 2.75) is 32.0 Å². The molecule has 0 saturated carbocycles. The van der Waals surface area contributed by atoms with Crippen LogP contribution in [0.4, 0.5) is 4.39 Å². The second kappa shape index (κ2) is 5.40. The first-order valence-electron chi connectivity index (χ1n) is 7.38. The fraction of sp³-hybridized carbons (Fsp3) is 0.312. The van der Waals surface area contributed by atoms with Crippen LogP contribution in [0.25, 0.3) is 0 Å². The van der Waals surface area contributed by atoms with Crippen molar-refractivity contribution in [2.75, 3.05) is 0 Å². The number of hydrogen-bond acceptors (Lipinski definition) is 3. The van der Waals surface area contributed by atoms with Gasteiger partial charge in [0.25, 0.3) is 5.91 Å². The summed E-state index contributed by atoms with van der Waals surface area (Å²) in [5.74, 6) is -0.711. The molecule has 23 heavy (non-hydrogen) atoms. The second-order valence-corrected chi connectivity index (χ2v) is 7.05. The van der Waals surface area contributed by atoms with Gasteiger partial charge in [-0.15, -0.1) is 0 Å². The number of aldehydes is 1. The summed E-state index contributed by atoms with van der Waals surface area (Å²) in [5.41, 5.74) is 2.32. The van der Waals surface area contributed by atoms with Crippen LogP contribution in [0.15, 0.2) is 18.5 Å². The molecule has 0 aliphatic carbocycles. The van der Waals surface area contributed by atoms with Gasteiger partial charge in [0.15, 0.2) is 0 Å². The van der Waals surface area contributed by atoms with E-state index in [0.717, 1.165) is 31.4 Å². The lowest BCUT2D eigenvalue weighted by atomic mass is 10.1. The van der Waals surface area contributed by atoms with Crippen LogP contribution in [0, 0.1) is 9.39 Å². The van der Waals surface area contributed by atoms with Crippen LogP contribution in [0.1, 0.15) is 39.8 Å². The summed E-state index contributed by atoms with van der Waals surface area (Å²) < 4.78 is 16.8. The van der Waals surface area contributed by atoms with Gasteiger partial charge in [-0.05, 0) is 47.6 Å². The maximum atomic E-state index is 14.1. The van der Waals surface area contributed by atoms with Crippen molar-refractivity contribution in [1.82, 2.24) is 14.5 Å². The number of carbonyl (C=O) groups excluding carboxylic acids is 2. The predicted molar refractivity (Wildman–Crippen MR) is 88.3 cm³/mol. The molecule has 2 aliphatic rings. The van der Waals surface area contributed by atoms with Crippen LogP contribution in [-0.4, -0.2) is 26.6 Å². The van der Waals surface area contributed by atoms with E-state index in [2.05, 4.69) is 4.98 Å². The molecule has 1 aromatic heterocycles. The number of carbonyl (C=O) groups is 2. The Bertz CT molecular complexity index is 833. The average molecular weight is 425 g/mol. The van der Waals surface area contributed by atoms with Crippen LogP contribution >= 0.6 is 22.6 Å². The largest absolute Gasteiger partial charge is 0.334 e. The summed E-state index contributed by atoms with van der Waals surface area (Å²) in [7, 11) is 0. The van der Waals surface area contributed by atoms with Gasteiger partial charge in [-0.1, -0.05) is 0 Å². The van der Waals surface area contributed by atoms with Crippen molar-refractivity contribution in [2.24, 2.45) is 0 Å². The molecule has 1 unspecified atom stereocenters. The molecule has 0 N–H and O–H groups in total. The molecular weight excluding hydrogens is 412 g/mol. The fourth-order valence-electron chi connectivity index (χ4n) is 3.41. The highest BCUT2D eigenvalue weighted by atomic mass is 127. The average Bonchev–Trinajstić information content (AvgIpc) is 3.18. The number of imidazole rings is 1. The number of fused-ring (bicyclic) bond motifs is 2. The monoisotopic (exact) mass is 425 g/mol. The summed E-state index contributed by atoms with van der Waals surface area (Å²) in [5, 5.41) is 0. The number of nitrogens with zero attached hydrogens (tertiary/aromatic N) is 3. The molecule has 0 bridgehead atoms. The van der Waals surface area contributed by atoms with E-state index in [-0.39, 0.29) is 12.5 Å². The number of aromatic nitrogens is 2. The Morgan fingerprint density at radius 2 is 2.22 bits per heavy atom. The molecule has 3 heterocycles. The molecule has 5 nitrogen and oxygen atoms in total. The molecule has 1 amide bonds. The Labute approximate surface area is 145 Å². The number of rotatable bonds is 3. The van der Waals surface area contributed by atoms with E-state index in [4.69, 9.17) is 0 Å². The minimum atomic E-state index is -0.763. The third-order valence-electron chi connectivity index (χ3n) is 4.52. The van der Waals surface area contributed by atoms with E-state index in [9.17, 15) is 14.0 Å². The molecule has 118 valence electrons. The van der Waals surface area contributed by atoms with Crippen LogP contribution < -0.4 is 0 Å². The van der Waals surface area contributed by atoms with Crippen LogP contribution in [0.5, 0.6) is 0 Å². The Morgan fingerprint density at radius 1 is 1.39 bits per heavy atom. The number of amides is 1. The second-order valence-electron chi connectivity index (χ2n) is 5.80. The lowest BCUT2D eigenvalue weighted by Gasteiger charge is -2.22. The van der Waals surface area contributed by atoms with Crippen LogP contribution in [-0.2, 0) is 24.3 Å². The molecule has 1 atom stereocenters. The summed E-state index contributed by atoms with van der Waals surface area (Å²) in [6.07, 6.45) is 4.30. The number of aryl methyl sites for hydroxylation is 1. The zero-order chi connectivity index (χ0) is 16.1. The lowest BCUT2D eigenvalue weighted by molar-refractivity contribution is -0.112. The smallest absolute Gasteiger partial charge is 0.255 e. The first kappa shape index (κ1) is 14.8. The molecule has 7 heteroatoms. The van der Waals surface area contributed by atoms with Gasteiger partial charge >= 0.3 is 0 Å². The Hall–Kier alpha value is -1.77. The highest BCUT2D eigenvalue weighted by molar-refractivity contribution is 14.1. The topological polar surface area (TPSA) is 55.2 Å². The van der Waals surface area contributed by atoms with Gasteiger partial charge in [-0.3, -0.25) is 4.79 Å². The Morgan fingerprint density at radius 3 is 3.00 bits per heavy atom. The van der Waals surface area contributed by atoms with Crippen molar-refractivity contribution < 1.29 is 14.0 Å². The third-order valence-corrected chi connectivity index (χ3v) is 5.14. The molecule has 2 aliphatic heterocycles. The van der Waals surface area contributed by atoms with Crippen molar-refractivity contribution in [3.8, 4) is 0 Å². The summed E-state index contributed by atoms with van der Waals surface area (Å²) in [6.45, 7) is 0.988. The van der Waals surface area contributed by atoms with Gasteiger partial charge in [0.1, 0.15) is 18.1 Å². The van der Waals surface area contributed by atoms with Crippen molar-refractivity contribution in [3.05, 3.63) is 50.4 Å². The maximum Gasteiger partial charge on any atom is 0.255 e. The van der Waals surface area contributed by atoms with E-state index in [1.54, 1.807) is 12.4 Å². The molecule has 0 radical (unpaired) electrons. The van der Waals surface area contributed by atoms with Gasteiger partial charge in [-0.2, -0.15) is 0 Å². The van der Waals surface area contributed by atoms with E-state index in [0.29, 0.717) is 20.4 Å². The summed E-state index contributed by atoms with van der Waals surface area (Å²) >= 11 is 1.98. The first-order chi connectivity index (χ1) is 11.1. The number of hydrogen-bond donors (Lipinski definition) is 0. The molecule has 0 fully saturated rings. The molecule has 4 rings (SSSR count). The van der Waals surface area contributed by atoms with E-state index in [1.807, 2.05) is 27.2 Å². The van der Waals surface area contributed by atoms with E-state index < -0.39 is 11.9 Å². The van der Waals surface area contributed by atoms with Gasteiger partial charge in [0, 0.05) is 26.9 Å². The maximum absolute atomic E-state index is 14.1. The van der Waals surface area contributed by atoms with Crippen molar-refractivity contribution in [3.63, 3.8) is 0 Å². The zero-order valence-corrected chi connectivity index (χ0v) is 14.3. The first-order valence-corrected chi connectivity index (χ1v) is 8.46. The highest BCUT2D eigenvalue weighted by Crippen LogP contribution is 2.34. The summed E-state index contributed by atoms with van der Waals surface area (Å²) in [4.78, 5) is 30.1. The van der Waals surface area contributed by atoms with Gasteiger partial charge in [0.2, 0.25) is 0 Å². The quantitative estimate of drug-likeness (QED) is 0.561. The summed E-state index contributed by atoms with van der Waals surface area (Å²) in [6, 6.07) is 2.31. The van der Waals surface area contributed by atoms with Crippen LogP contribution in [0.3, 0.4) is 0 Å². The molecule has 1 aromatic carbocycles. The predicted octanol–water partition coefficient (Wildman–Crippen LogP) is 2.47. The van der Waals surface area contributed by atoms with Crippen LogP contribution in [0.2, 0.25) is 0 Å². The normalized spacial score (nSPS) is 17.3. The van der Waals surface area contributed by atoms with E-state index >= 15 is 0 Å². The third kappa shape index (κ3) is 2.20. The Kier molecular flexibility index (Phi) is 3.47. The van der Waals surface area contributed by atoms with Crippen molar-refractivity contribution >= 4 is 34.8 Å². The number of halogens is 2.